The summed E-state index contributed by atoms with van der Waals surface area (Å²) >= 11 is 0. The van der Waals surface area contributed by atoms with Gasteiger partial charge in [-0.2, -0.15) is 0 Å². The van der Waals surface area contributed by atoms with Gasteiger partial charge in [0.25, 0.3) is 0 Å². The van der Waals surface area contributed by atoms with Gasteiger partial charge in [0.15, 0.2) is 0 Å². The SMILES string of the molecule is COc1ccc([C@@H]2N(Cc3ccccc3C)CCN2Cc2ccccc2F)cc1. The van der Waals surface area contributed by atoms with E-state index < -0.39 is 0 Å². The van der Waals surface area contributed by atoms with Crippen LogP contribution in [-0.2, 0) is 13.1 Å². The highest BCUT2D eigenvalue weighted by atomic mass is 19.1. The molecule has 1 aliphatic heterocycles. The van der Waals surface area contributed by atoms with Crippen LogP contribution in [0.3, 0.4) is 0 Å². The van der Waals surface area contributed by atoms with Gasteiger partial charge in [0, 0.05) is 31.7 Å². The van der Waals surface area contributed by atoms with Gasteiger partial charge >= 0.3 is 0 Å². The second-order valence-corrected chi connectivity index (χ2v) is 7.61. The molecule has 3 nitrogen and oxygen atoms in total. The molecular formula is C25H27FN2O. The number of rotatable bonds is 6. The van der Waals surface area contributed by atoms with Crippen molar-refractivity contribution < 1.29 is 9.13 Å². The Hall–Kier alpha value is -2.69. The molecule has 0 amide bonds. The van der Waals surface area contributed by atoms with E-state index in [4.69, 9.17) is 4.74 Å². The third-order valence-electron chi connectivity index (χ3n) is 5.75. The van der Waals surface area contributed by atoms with Crippen LogP contribution in [-0.4, -0.2) is 30.0 Å². The number of ether oxygens (including phenoxy) is 1. The Morgan fingerprint density at radius 3 is 2.03 bits per heavy atom. The number of benzene rings is 3. The van der Waals surface area contributed by atoms with E-state index in [9.17, 15) is 4.39 Å². The summed E-state index contributed by atoms with van der Waals surface area (Å²) in [6, 6.07) is 23.8. The van der Waals surface area contributed by atoms with Crippen LogP contribution in [0.1, 0.15) is 28.4 Å². The molecule has 4 heteroatoms. The zero-order chi connectivity index (χ0) is 20.2. The van der Waals surface area contributed by atoms with Crippen LogP contribution in [0.5, 0.6) is 5.75 Å². The minimum absolute atomic E-state index is 0.0973. The van der Waals surface area contributed by atoms with Crippen molar-refractivity contribution in [2.75, 3.05) is 20.2 Å². The first-order chi connectivity index (χ1) is 14.2. The Labute approximate surface area is 172 Å². The van der Waals surface area contributed by atoms with Crippen molar-refractivity contribution in [2.45, 2.75) is 26.2 Å². The summed E-state index contributed by atoms with van der Waals surface area (Å²) in [6.07, 6.45) is 0.0973. The van der Waals surface area contributed by atoms with Gasteiger partial charge in [0.2, 0.25) is 0 Å². The summed E-state index contributed by atoms with van der Waals surface area (Å²) < 4.78 is 19.6. The molecule has 0 unspecified atom stereocenters. The van der Waals surface area contributed by atoms with Crippen LogP contribution >= 0.6 is 0 Å². The van der Waals surface area contributed by atoms with Crippen molar-refractivity contribution in [3.63, 3.8) is 0 Å². The minimum atomic E-state index is -0.140. The number of methoxy groups -OCH3 is 1. The molecule has 0 saturated carbocycles. The van der Waals surface area contributed by atoms with Gasteiger partial charge in [-0.05, 0) is 41.8 Å². The van der Waals surface area contributed by atoms with Crippen molar-refractivity contribution in [1.82, 2.24) is 9.80 Å². The number of aryl methyl sites for hydroxylation is 1. The second-order valence-electron chi connectivity index (χ2n) is 7.61. The normalized spacial score (nSPS) is 17.6. The van der Waals surface area contributed by atoms with Gasteiger partial charge in [-0.3, -0.25) is 9.80 Å². The monoisotopic (exact) mass is 390 g/mol. The highest BCUT2D eigenvalue weighted by Crippen LogP contribution is 2.34. The van der Waals surface area contributed by atoms with Crippen LogP contribution < -0.4 is 4.74 Å². The van der Waals surface area contributed by atoms with Crippen LogP contribution in [0.15, 0.2) is 72.8 Å². The first kappa shape index (κ1) is 19.6. The van der Waals surface area contributed by atoms with E-state index in [-0.39, 0.29) is 12.0 Å². The fourth-order valence-electron chi connectivity index (χ4n) is 4.11. The van der Waals surface area contributed by atoms with E-state index in [1.165, 1.54) is 16.7 Å². The molecule has 3 aromatic carbocycles. The Morgan fingerprint density at radius 1 is 0.828 bits per heavy atom. The molecule has 1 saturated heterocycles. The topological polar surface area (TPSA) is 15.7 Å². The average molecular weight is 391 g/mol. The van der Waals surface area contributed by atoms with E-state index in [1.54, 1.807) is 19.2 Å². The smallest absolute Gasteiger partial charge is 0.127 e. The zero-order valence-electron chi connectivity index (χ0n) is 17.0. The zero-order valence-corrected chi connectivity index (χ0v) is 17.0. The molecule has 1 heterocycles. The first-order valence-electron chi connectivity index (χ1n) is 10.1. The van der Waals surface area contributed by atoms with Crippen molar-refractivity contribution in [2.24, 2.45) is 0 Å². The van der Waals surface area contributed by atoms with Crippen molar-refractivity contribution in [3.05, 3.63) is 101 Å². The molecule has 1 atom stereocenters. The lowest BCUT2D eigenvalue weighted by Gasteiger charge is -2.31. The van der Waals surface area contributed by atoms with Gasteiger partial charge in [0.05, 0.1) is 13.3 Å². The van der Waals surface area contributed by atoms with E-state index >= 15 is 0 Å². The molecule has 4 rings (SSSR count). The molecule has 0 aliphatic carbocycles. The first-order valence-corrected chi connectivity index (χ1v) is 10.1. The molecule has 1 aliphatic rings. The standard InChI is InChI=1S/C25H27FN2O/c1-19-7-3-4-8-21(19)17-27-15-16-28(18-22-9-5-6-10-24(22)26)25(27)20-11-13-23(29-2)14-12-20/h3-14,25H,15-18H2,1-2H3/t25-/m1/s1. The van der Waals surface area contributed by atoms with Crippen LogP contribution in [0, 0.1) is 12.7 Å². The highest BCUT2D eigenvalue weighted by molar-refractivity contribution is 5.31. The Morgan fingerprint density at radius 2 is 1.41 bits per heavy atom. The second kappa shape index (κ2) is 8.76. The fourth-order valence-corrected chi connectivity index (χ4v) is 4.11. The van der Waals surface area contributed by atoms with Crippen molar-refractivity contribution >= 4 is 0 Å². The van der Waals surface area contributed by atoms with E-state index in [2.05, 4.69) is 53.1 Å². The quantitative estimate of drug-likeness (QED) is 0.578. The summed E-state index contributed by atoms with van der Waals surface area (Å²) in [4.78, 5) is 4.84. The maximum atomic E-state index is 14.3. The fraction of sp³-hybridized carbons (Fsp3) is 0.280. The Bertz CT molecular complexity index is 902. The lowest BCUT2D eigenvalue weighted by atomic mass is 10.1. The molecule has 0 aromatic heterocycles. The van der Waals surface area contributed by atoms with E-state index in [0.29, 0.717) is 6.54 Å². The van der Waals surface area contributed by atoms with Gasteiger partial charge in [-0.1, -0.05) is 54.6 Å². The lowest BCUT2D eigenvalue weighted by molar-refractivity contribution is 0.124. The molecule has 29 heavy (non-hydrogen) atoms. The molecule has 0 spiro atoms. The minimum Gasteiger partial charge on any atom is -0.497 e. The van der Waals surface area contributed by atoms with Crippen LogP contribution in [0.4, 0.5) is 4.39 Å². The summed E-state index contributed by atoms with van der Waals surface area (Å²) in [5.74, 6) is 0.705. The summed E-state index contributed by atoms with van der Waals surface area (Å²) in [7, 11) is 1.68. The van der Waals surface area contributed by atoms with Gasteiger partial charge in [0.1, 0.15) is 11.6 Å². The molecule has 150 valence electrons. The van der Waals surface area contributed by atoms with Gasteiger partial charge in [-0.25, -0.2) is 4.39 Å². The van der Waals surface area contributed by atoms with E-state index in [0.717, 1.165) is 30.9 Å². The van der Waals surface area contributed by atoms with E-state index in [1.807, 2.05) is 24.3 Å². The Kier molecular flexibility index (Phi) is 5.93. The van der Waals surface area contributed by atoms with Crippen LogP contribution in [0.25, 0.3) is 0 Å². The van der Waals surface area contributed by atoms with Gasteiger partial charge < -0.3 is 4.74 Å². The third-order valence-corrected chi connectivity index (χ3v) is 5.75. The number of hydrogen-bond donors (Lipinski definition) is 0. The summed E-state index contributed by atoms with van der Waals surface area (Å²) in [5.41, 5.74) is 4.57. The predicted octanol–water partition coefficient (Wildman–Crippen LogP) is 5.16. The lowest BCUT2D eigenvalue weighted by Crippen LogP contribution is -2.31. The van der Waals surface area contributed by atoms with Crippen LogP contribution in [0.2, 0.25) is 0 Å². The largest absolute Gasteiger partial charge is 0.497 e. The predicted molar refractivity (Wildman–Crippen MR) is 114 cm³/mol. The molecule has 1 fully saturated rings. The van der Waals surface area contributed by atoms with Crippen molar-refractivity contribution in [3.8, 4) is 5.75 Å². The highest BCUT2D eigenvalue weighted by Gasteiger charge is 2.33. The summed E-state index contributed by atoms with van der Waals surface area (Å²) in [5, 5.41) is 0. The third kappa shape index (κ3) is 4.34. The summed E-state index contributed by atoms with van der Waals surface area (Å²) in [6.45, 7) is 5.46. The number of hydrogen-bond acceptors (Lipinski definition) is 3. The van der Waals surface area contributed by atoms with Gasteiger partial charge in [-0.15, -0.1) is 0 Å². The average Bonchev–Trinajstić information content (AvgIpc) is 3.13. The number of halogens is 1. The molecule has 0 radical (unpaired) electrons. The maximum Gasteiger partial charge on any atom is 0.127 e. The molecule has 0 N–H and O–H groups in total. The molecule has 0 bridgehead atoms. The van der Waals surface area contributed by atoms with Crippen molar-refractivity contribution in [1.29, 1.82) is 0 Å². The number of nitrogens with zero attached hydrogens (tertiary/aromatic N) is 2. The Balaban J connectivity index is 1.63. The maximum absolute atomic E-state index is 14.3. The molecule has 3 aromatic rings. The molecular weight excluding hydrogens is 363 g/mol.